The van der Waals surface area contributed by atoms with Gasteiger partial charge in [-0.2, -0.15) is 0 Å². The second kappa shape index (κ2) is 15.9. The maximum absolute atomic E-state index is 12.6. The lowest BCUT2D eigenvalue weighted by molar-refractivity contribution is 0.220. The standard InChI is InChI=1S/C29H44NO3P/c1-5-9-23-30(24-10-6-2)29-21-19-28(20-22-29)18-17-27-15-13-26(14-16-27)12-11-25-34(31,32-7-3)33-8-4/h13-22H,5-12,23-25H2,1-4H3. The Labute approximate surface area is 207 Å². The van der Waals surface area contributed by atoms with E-state index in [0.717, 1.165) is 25.9 Å². The average molecular weight is 486 g/mol. The fraction of sp³-hybridized carbons (Fsp3) is 0.517. The summed E-state index contributed by atoms with van der Waals surface area (Å²) in [4.78, 5) is 2.51. The second-order valence-electron chi connectivity index (χ2n) is 8.63. The minimum atomic E-state index is -2.95. The van der Waals surface area contributed by atoms with Gasteiger partial charge in [0.15, 0.2) is 0 Å². The zero-order valence-electron chi connectivity index (χ0n) is 21.7. The predicted octanol–water partition coefficient (Wildman–Crippen LogP) is 8.46. The highest BCUT2D eigenvalue weighted by atomic mass is 31.2. The van der Waals surface area contributed by atoms with E-state index in [2.05, 4.69) is 79.4 Å². The van der Waals surface area contributed by atoms with E-state index < -0.39 is 7.60 Å². The maximum atomic E-state index is 12.6. The second-order valence-corrected chi connectivity index (χ2v) is 10.8. The van der Waals surface area contributed by atoms with Gasteiger partial charge in [-0.05, 0) is 68.4 Å². The van der Waals surface area contributed by atoms with Gasteiger partial charge in [-0.1, -0.05) is 75.2 Å². The summed E-state index contributed by atoms with van der Waals surface area (Å²) in [5.74, 6) is 0. The van der Waals surface area contributed by atoms with Crippen LogP contribution in [-0.4, -0.2) is 32.5 Å². The Kier molecular flexibility index (Phi) is 13.3. The first kappa shape index (κ1) is 28.4. The minimum Gasteiger partial charge on any atom is -0.372 e. The van der Waals surface area contributed by atoms with Crippen LogP contribution < -0.4 is 4.90 Å². The summed E-state index contributed by atoms with van der Waals surface area (Å²) in [6, 6.07) is 17.5. The van der Waals surface area contributed by atoms with E-state index in [1.807, 2.05) is 13.8 Å². The molecule has 34 heavy (non-hydrogen) atoms. The molecular weight excluding hydrogens is 441 g/mol. The van der Waals surface area contributed by atoms with Crippen molar-refractivity contribution in [2.24, 2.45) is 0 Å². The van der Waals surface area contributed by atoms with Crippen molar-refractivity contribution in [3.63, 3.8) is 0 Å². The van der Waals surface area contributed by atoms with Crippen LogP contribution in [0.4, 0.5) is 5.69 Å². The van der Waals surface area contributed by atoms with Crippen molar-refractivity contribution < 1.29 is 13.6 Å². The van der Waals surface area contributed by atoms with E-state index in [9.17, 15) is 4.57 Å². The summed E-state index contributed by atoms with van der Waals surface area (Å²) >= 11 is 0. The van der Waals surface area contributed by atoms with Crippen LogP contribution in [0.25, 0.3) is 12.2 Å². The molecule has 0 saturated carbocycles. The molecule has 0 bridgehead atoms. The zero-order valence-corrected chi connectivity index (χ0v) is 22.6. The Morgan fingerprint density at radius 3 is 1.71 bits per heavy atom. The molecule has 2 aromatic rings. The van der Waals surface area contributed by atoms with Gasteiger partial charge in [0.1, 0.15) is 0 Å². The minimum absolute atomic E-state index is 0.414. The third-order valence-corrected chi connectivity index (χ3v) is 7.99. The maximum Gasteiger partial charge on any atom is 0.330 e. The van der Waals surface area contributed by atoms with Crippen molar-refractivity contribution in [2.75, 3.05) is 37.4 Å². The van der Waals surface area contributed by atoms with E-state index in [4.69, 9.17) is 9.05 Å². The molecule has 0 aromatic heterocycles. The first-order valence-electron chi connectivity index (χ1n) is 13.0. The van der Waals surface area contributed by atoms with Gasteiger partial charge in [0.25, 0.3) is 0 Å². The van der Waals surface area contributed by atoms with Gasteiger partial charge >= 0.3 is 7.60 Å². The number of hydrogen-bond acceptors (Lipinski definition) is 4. The summed E-state index contributed by atoms with van der Waals surface area (Å²) in [7, 11) is -2.95. The molecule has 188 valence electrons. The lowest BCUT2D eigenvalue weighted by atomic mass is 10.1. The molecule has 0 radical (unpaired) electrons. The summed E-state index contributed by atoms with van der Waals surface area (Å²) < 4.78 is 23.3. The van der Waals surface area contributed by atoms with Crippen LogP contribution in [0.15, 0.2) is 48.5 Å². The highest BCUT2D eigenvalue weighted by molar-refractivity contribution is 7.53. The van der Waals surface area contributed by atoms with E-state index >= 15 is 0 Å². The molecule has 0 unspecified atom stereocenters. The van der Waals surface area contributed by atoms with Gasteiger partial charge < -0.3 is 13.9 Å². The molecular formula is C29H44NO3P. The molecule has 0 saturated heterocycles. The van der Waals surface area contributed by atoms with Crippen molar-refractivity contribution in [3.05, 3.63) is 65.2 Å². The average Bonchev–Trinajstić information content (AvgIpc) is 2.84. The quantitative estimate of drug-likeness (QED) is 0.166. The number of benzene rings is 2. The Balaban J connectivity index is 1.90. The molecule has 0 atom stereocenters. The Morgan fingerprint density at radius 2 is 1.24 bits per heavy atom. The van der Waals surface area contributed by atoms with E-state index in [1.165, 1.54) is 48.1 Å². The van der Waals surface area contributed by atoms with Gasteiger partial charge in [-0.3, -0.25) is 4.57 Å². The van der Waals surface area contributed by atoms with Crippen LogP contribution in [0.2, 0.25) is 0 Å². The largest absolute Gasteiger partial charge is 0.372 e. The molecule has 2 aromatic carbocycles. The topological polar surface area (TPSA) is 38.8 Å². The Bertz CT molecular complexity index is 859. The van der Waals surface area contributed by atoms with Crippen molar-refractivity contribution in [1.29, 1.82) is 0 Å². The molecule has 0 N–H and O–H groups in total. The van der Waals surface area contributed by atoms with Crippen LogP contribution in [-0.2, 0) is 20.0 Å². The summed E-state index contributed by atoms with van der Waals surface area (Å²) in [5.41, 5.74) is 4.94. The van der Waals surface area contributed by atoms with Gasteiger partial charge in [0, 0.05) is 18.8 Å². The Hall–Kier alpha value is -1.87. The third kappa shape index (κ3) is 10.2. The number of aryl methyl sites for hydroxylation is 1. The SMILES string of the molecule is CCCCN(CCCC)c1ccc(C=Cc2ccc(CCCP(=O)(OCC)OCC)cc2)cc1. The first-order valence-corrected chi connectivity index (χ1v) is 14.8. The summed E-state index contributed by atoms with van der Waals surface area (Å²) in [6.45, 7) is 11.3. The molecule has 0 aliphatic rings. The fourth-order valence-corrected chi connectivity index (χ4v) is 5.55. The number of nitrogens with zero attached hydrogens (tertiary/aromatic N) is 1. The lowest BCUT2D eigenvalue weighted by Gasteiger charge is -2.24. The van der Waals surface area contributed by atoms with E-state index in [-0.39, 0.29) is 0 Å². The highest BCUT2D eigenvalue weighted by Crippen LogP contribution is 2.48. The van der Waals surface area contributed by atoms with Crippen molar-refractivity contribution in [1.82, 2.24) is 0 Å². The van der Waals surface area contributed by atoms with Crippen molar-refractivity contribution in [3.8, 4) is 0 Å². The number of unbranched alkanes of at least 4 members (excludes halogenated alkanes) is 2. The smallest absolute Gasteiger partial charge is 0.330 e. The van der Waals surface area contributed by atoms with Crippen LogP contribution >= 0.6 is 7.60 Å². The molecule has 0 aliphatic carbocycles. The molecule has 0 aliphatic heterocycles. The van der Waals surface area contributed by atoms with Gasteiger partial charge in [-0.15, -0.1) is 0 Å². The molecule has 2 rings (SSSR count). The van der Waals surface area contributed by atoms with Crippen LogP contribution in [0.1, 0.15) is 76.5 Å². The summed E-state index contributed by atoms with van der Waals surface area (Å²) in [6.07, 6.45) is 11.4. The molecule has 0 amide bonds. The van der Waals surface area contributed by atoms with Crippen molar-refractivity contribution >= 4 is 25.4 Å². The molecule has 5 heteroatoms. The number of hydrogen-bond donors (Lipinski definition) is 0. The van der Waals surface area contributed by atoms with Gasteiger partial charge in [0.2, 0.25) is 0 Å². The van der Waals surface area contributed by atoms with Crippen LogP contribution in [0.5, 0.6) is 0 Å². The summed E-state index contributed by atoms with van der Waals surface area (Å²) in [5, 5.41) is 0. The van der Waals surface area contributed by atoms with Crippen LogP contribution in [0.3, 0.4) is 0 Å². The normalized spacial score (nSPS) is 11.9. The monoisotopic (exact) mass is 485 g/mol. The number of rotatable bonds is 17. The molecule has 0 fully saturated rings. The molecule has 0 heterocycles. The Morgan fingerprint density at radius 1 is 0.735 bits per heavy atom. The lowest BCUT2D eigenvalue weighted by Crippen LogP contribution is -2.25. The van der Waals surface area contributed by atoms with E-state index in [1.54, 1.807) is 0 Å². The van der Waals surface area contributed by atoms with Crippen molar-refractivity contribution in [2.45, 2.75) is 66.2 Å². The predicted molar refractivity (Wildman–Crippen MR) is 148 cm³/mol. The van der Waals surface area contributed by atoms with Gasteiger partial charge in [0.05, 0.1) is 19.4 Å². The third-order valence-electron chi connectivity index (χ3n) is 5.82. The molecule has 4 nitrogen and oxygen atoms in total. The van der Waals surface area contributed by atoms with Gasteiger partial charge in [-0.25, -0.2) is 0 Å². The molecule has 0 spiro atoms. The number of anilines is 1. The first-order chi connectivity index (χ1) is 16.5. The fourth-order valence-electron chi connectivity index (χ4n) is 3.89. The van der Waals surface area contributed by atoms with Crippen LogP contribution in [0, 0.1) is 0 Å². The highest BCUT2D eigenvalue weighted by Gasteiger charge is 2.22. The van der Waals surface area contributed by atoms with E-state index in [0.29, 0.717) is 19.4 Å². The zero-order chi connectivity index (χ0) is 24.7.